The van der Waals surface area contributed by atoms with E-state index < -0.39 is 0 Å². The molecule has 98 valence electrons. The van der Waals surface area contributed by atoms with Crippen molar-refractivity contribution in [2.24, 2.45) is 5.73 Å². The predicted octanol–water partition coefficient (Wildman–Crippen LogP) is 1.23. The first-order chi connectivity index (χ1) is 8.46. The summed E-state index contributed by atoms with van der Waals surface area (Å²) in [4.78, 5) is 10.9. The maximum atomic E-state index is 10.9. The maximum Gasteiger partial charge on any atom is 0.219 e. The average molecular weight is 248 g/mol. The second kappa shape index (κ2) is 4.98. The van der Waals surface area contributed by atoms with Gasteiger partial charge >= 0.3 is 0 Å². The molecule has 1 aliphatic heterocycles. The summed E-state index contributed by atoms with van der Waals surface area (Å²) in [5.74, 6) is 0.681. The van der Waals surface area contributed by atoms with Gasteiger partial charge in [-0.1, -0.05) is 18.2 Å². The van der Waals surface area contributed by atoms with Gasteiger partial charge in [-0.15, -0.1) is 0 Å². The number of amides is 1. The molecule has 0 saturated heterocycles. The topological polar surface area (TPSA) is 64.4 Å². The molecule has 0 fully saturated rings. The van der Waals surface area contributed by atoms with Crippen molar-refractivity contribution in [2.45, 2.75) is 38.3 Å². The van der Waals surface area contributed by atoms with Crippen LogP contribution in [-0.4, -0.2) is 24.1 Å². The number of ether oxygens (including phenoxy) is 1. The third-order valence-corrected chi connectivity index (χ3v) is 3.14. The Hall–Kier alpha value is -1.55. The molecule has 0 aromatic heterocycles. The summed E-state index contributed by atoms with van der Waals surface area (Å²) in [6.45, 7) is 4.66. The van der Waals surface area contributed by atoms with Crippen LogP contribution in [0.2, 0.25) is 0 Å². The van der Waals surface area contributed by atoms with E-state index in [9.17, 15) is 4.79 Å². The van der Waals surface area contributed by atoms with E-state index in [4.69, 9.17) is 10.5 Å². The minimum atomic E-state index is -0.289. The van der Waals surface area contributed by atoms with E-state index in [1.54, 1.807) is 0 Å². The molecule has 1 heterocycles. The molecule has 0 aliphatic carbocycles. The van der Waals surface area contributed by atoms with Crippen LogP contribution in [0.1, 0.15) is 25.8 Å². The molecule has 18 heavy (non-hydrogen) atoms. The molecule has 1 unspecified atom stereocenters. The fourth-order valence-corrected chi connectivity index (χ4v) is 2.26. The van der Waals surface area contributed by atoms with Crippen molar-refractivity contribution in [3.63, 3.8) is 0 Å². The first-order valence-electron chi connectivity index (χ1n) is 6.24. The Labute approximate surface area is 108 Å². The van der Waals surface area contributed by atoms with Gasteiger partial charge in [-0.25, -0.2) is 0 Å². The van der Waals surface area contributed by atoms with Gasteiger partial charge in [-0.2, -0.15) is 0 Å². The molecule has 4 nitrogen and oxygen atoms in total. The van der Waals surface area contributed by atoms with Crippen LogP contribution in [0.5, 0.6) is 5.75 Å². The van der Waals surface area contributed by atoms with Crippen LogP contribution in [-0.2, 0) is 11.2 Å². The maximum absolute atomic E-state index is 10.9. The van der Waals surface area contributed by atoms with Gasteiger partial charge in [-0.05, 0) is 25.5 Å². The van der Waals surface area contributed by atoms with Crippen LogP contribution in [0.3, 0.4) is 0 Å². The van der Waals surface area contributed by atoms with Crippen molar-refractivity contribution < 1.29 is 9.53 Å². The van der Waals surface area contributed by atoms with Crippen molar-refractivity contribution in [1.82, 2.24) is 5.32 Å². The molecule has 1 aromatic carbocycles. The first kappa shape index (κ1) is 12.9. The number of rotatable bonds is 5. The summed E-state index contributed by atoms with van der Waals surface area (Å²) in [7, 11) is 0. The third-order valence-electron chi connectivity index (χ3n) is 3.14. The molecule has 0 bridgehead atoms. The number of benzene rings is 1. The number of hydrogen-bond donors (Lipinski definition) is 2. The molecule has 0 spiro atoms. The van der Waals surface area contributed by atoms with Crippen LogP contribution < -0.4 is 15.8 Å². The molecule has 1 aliphatic rings. The molecule has 3 N–H and O–H groups in total. The number of carbonyl (C=O) groups excluding carboxylic acids is 1. The van der Waals surface area contributed by atoms with Gasteiger partial charge < -0.3 is 15.8 Å². The number of fused-ring (bicyclic) bond motifs is 1. The van der Waals surface area contributed by atoms with Gasteiger partial charge in [-0.3, -0.25) is 4.79 Å². The van der Waals surface area contributed by atoms with Gasteiger partial charge in [0.2, 0.25) is 5.91 Å². The van der Waals surface area contributed by atoms with Crippen molar-refractivity contribution in [3.8, 4) is 5.75 Å². The van der Waals surface area contributed by atoms with Crippen LogP contribution >= 0.6 is 0 Å². The molecule has 4 heteroatoms. The van der Waals surface area contributed by atoms with Gasteiger partial charge in [0.25, 0.3) is 0 Å². The van der Waals surface area contributed by atoms with Crippen LogP contribution in [0, 0.1) is 0 Å². The predicted molar refractivity (Wildman–Crippen MR) is 70.5 cm³/mol. The Morgan fingerprint density at radius 1 is 1.50 bits per heavy atom. The molecule has 1 amide bonds. The van der Waals surface area contributed by atoms with E-state index in [-0.39, 0.29) is 17.6 Å². The zero-order valence-electron chi connectivity index (χ0n) is 10.9. The van der Waals surface area contributed by atoms with Gasteiger partial charge in [0.05, 0.1) is 0 Å². The van der Waals surface area contributed by atoms with Crippen molar-refractivity contribution in [2.75, 3.05) is 6.54 Å². The van der Waals surface area contributed by atoms with Crippen LogP contribution in [0.4, 0.5) is 0 Å². The molecule has 1 atom stereocenters. The largest absolute Gasteiger partial charge is 0.488 e. The molecule has 1 aromatic rings. The van der Waals surface area contributed by atoms with Crippen LogP contribution in [0.25, 0.3) is 0 Å². The van der Waals surface area contributed by atoms with E-state index in [0.29, 0.717) is 6.42 Å². The Morgan fingerprint density at radius 2 is 2.22 bits per heavy atom. The highest BCUT2D eigenvalue weighted by Gasteiger charge is 2.26. The zero-order valence-corrected chi connectivity index (χ0v) is 10.9. The smallest absolute Gasteiger partial charge is 0.219 e. The highest BCUT2D eigenvalue weighted by Crippen LogP contribution is 2.28. The van der Waals surface area contributed by atoms with E-state index in [1.807, 2.05) is 32.0 Å². The number of primary amides is 1. The minimum absolute atomic E-state index is 0.134. The van der Waals surface area contributed by atoms with Gasteiger partial charge in [0, 0.05) is 24.9 Å². The first-order valence-corrected chi connectivity index (χ1v) is 6.24. The lowest BCUT2D eigenvalue weighted by molar-refractivity contribution is -0.119. The summed E-state index contributed by atoms with van der Waals surface area (Å²) >= 11 is 0. The van der Waals surface area contributed by atoms with Crippen molar-refractivity contribution in [1.29, 1.82) is 0 Å². The summed E-state index contributed by atoms with van der Waals surface area (Å²) in [6.07, 6.45) is 1.37. The van der Waals surface area contributed by atoms with Crippen molar-refractivity contribution in [3.05, 3.63) is 29.8 Å². The van der Waals surface area contributed by atoms with E-state index in [2.05, 4.69) is 11.4 Å². The zero-order chi connectivity index (χ0) is 13.2. The second-order valence-corrected chi connectivity index (χ2v) is 5.46. The molecule has 0 radical (unpaired) electrons. The Balaban J connectivity index is 1.85. The Bertz CT molecular complexity index is 418. The number of hydrogen-bond acceptors (Lipinski definition) is 3. The van der Waals surface area contributed by atoms with E-state index in [1.165, 1.54) is 5.56 Å². The highest BCUT2D eigenvalue weighted by molar-refractivity contribution is 5.74. The second-order valence-electron chi connectivity index (χ2n) is 5.46. The molecular weight excluding hydrogens is 228 g/mol. The number of nitrogens with two attached hydrogens (primary N) is 1. The minimum Gasteiger partial charge on any atom is -0.488 e. The van der Waals surface area contributed by atoms with Crippen molar-refractivity contribution >= 4 is 5.91 Å². The summed E-state index contributed by atoms with van der Waals surface area (Å²) < 4.78 is 5.83. The lowest BCUT2D eigenvalue weighted by Gasteiger charge is -2.26. The number of carbonyl (C=O) groups is 1. The highest BCUT2D eigenvalue weighted by atomic mass is 16.5. The Kier molecular flexibility index (Phi) is 3.57. The third kappa shape index (κ3) is 3.23. The summed E-state index contributed by atoms with van der Waals surface area (Å²) in [6, 6.07) is 8.08. The molecular formula is C14H20N2O2. The fourth-order valence-electron chi connectivity index (χ4n) is 2.26. The summed E-state index contributed by atoms with van der Waals surface area (Å²) in [5, 5.41) is 3.34. The fraction of sp³-hybridized carbons (Fsp3) is 0.500. The lowest BCUT2D eigenvalue weighted by Crippen LogP contribution is -2.46. The molecule has 2 rings (SSSR count). The van der Waals surface area contributed by atoms with Gasteiger partial charge in [0.15, 0.2) is 0 Å². The lowest BCUT2D eigenvalue weighted by atomic mass is 9.99. The quantitative estimate of drug-likeness (QED) is 0.824. The van der Waals surface area contributed by atoms with E-state index >= 15 is 0 Å². The monoisotopic (exact) mass is 248 g/mol. The van der Waals surface area contributed by atoms with Gasteiger partial charge in [0.1, 0.15) is 11.9 Å². The number of para-hydroxylation sites is 1. The summed E-state index contributed by atoms with van der Waals surface area (Å²) in [5.41, 5.74) is 6.18. The molecule has 0 saturated carbocycles. The number of nitrogens with one attached hydrogen (secondary N) is 1. The SMILES string of the molecule is CC(C)(CC(N)=O)NCC1Cc2ccccc2O1. The van der Waals surface area contributed by atoms with Crippen LogP contribution in [0.15, 0.2) is 24.3 Å². The van der Waals surface area contributed by atoms with E-state index in [0.717, 1.165) is 18.7 Å². The average Bonchev–Trinajstić information content (AvgIpc) is 2.67. The Morgan fingerprint density at radius 3 is 2.89 bits per heavy atom. The standard InChI is InChI=1S/C14H20N2O2/c1-14(2,8-13(15)17)16-9-11-7-10-5-3-4-6-12(10)18-11/h3-6,11,16H,7-9H2,1-2H3,(H2,15,17). The normalized spacial score (nSPS) is 18.2.